The monoisotopic (exact) mass is 609 g/mol. The lowest BCUT2D eigenvalue weighted by atomic mass is 10.0. The van der Waals surface area contributed by atoms with Gasteiger partial charge in [0.1, 0.15) is 29.9 Å². The van der Waals surface area contributed by atoms with Gasteiger partial charge >= 0.3 is 0 Å². The number of pyridine rings is 1. The van der Waals surface area contributed by atoms with Crippen molar-refractivity contribution in [2.24, 2.45) is 0 Å². The van der Waals surface area contributed by atoms with Crippen molar-refractivity contribution in [3.8, 4) is 23.2 Å². The molecule has 6 rings (SSSR count). The maximum Gasteiger partial charge on any atom is 0.219 e. The van der Waals surface area contributed by atoms with Gasteiger partial charge < -0.3 is 14.2 Å². The summed E-state index contributed by atoms with van der Waals surface area (Å²) in [5, 5.41) is 8.93. The fraction of sp³-hybridized carbons (Fsp3) is 0.257. The Morgan fingerprint density at radius 2 is 1.82 bits per heavy atom. The summed E-state index contributed by atoms with van der Waals surface area (Å²) in [6.45, 7) is 4.62. The summed E-state index contributed by atoms with van der Waals surface area (Å²) in [7, 11) is 0. The van der Waals surface area contributed by atoms with Gasteiger partial charge in [0.05, 0.1) is 28.4 Å². The molecule has 1 aliphatic heterocycles. The number of fused-ring (bicyclic) bond motifs is 1. The van der Waals surface area contributed by atoms with E-state index >= 15 is 8.78 Å². The molecule has 3 aromatic carbocycles. The molecule has 0 bridgehead atoms. The quantitative estimate of drug-likeness (QED) is 0.192. The molecule has 45 heavy (non-hydrogen) atoms. The van der Waals surface area contributed by atoms with Crippen LogP contribution in [0.3, 0.4) is 0 Å². The summed E-state index contributed by atoms with van der Waals surface area (Å²) in [5.74, 6) is -1.15. The topological polar surface area (TPSA) is 84.0 Å². The Balaban J connectivity index is 1.26. The third kappa shape index (κ3) is 6.25. The van der Waals surface area contributed by atoms with Crippen LogP contribution in [-0.4, -0.2) is 37.9 Å². The number of aromatic nitrogens is 3. The highest BCUT2D eigenvalue weighted by molar-refractivity contribution is 5.77. The van der Waals surface area contributed by atoms with Crippen molar-refractivity contribution >= 4 is 16.9 Å². The van der Waals surface area contributed by atoms with Gasteiger partial charge in [-0.1, -0.05) is 18.2 Å². The van der Waals surface area contributed by atoms with Gasteiger partial charge in [-0.15, -0.1) is 0 Å². The number of nitrogens with zero attached hydrogens (tertiary/aromatic N) is 5. The molecule has 1 unspecified atom stereocenters. The van der Waals surface area contributed by atoms with Crippen molar-refractivity contribution < 1.29 is 22.7 Å². The summed E-state index contributed by atoms with van der Waals surface area (Å²) in [6.07, 6.45) is 1.83. The van der Waals surface area contributed by atoms with Crippen molar-refractivity contribution in [1.29, 1.82) is 5.26 Å². The number of hydrogen-bond donors (Lipinski definition) is 0. The van der Waals surface area contributed by atoms with E-state index in [4.69, 9.17) is 15.0 Å². The smallest absolute Gasteiger partial charge is 0.219 e. The molecule has 1 saturated heterocycles. The van der Waals surface area contributed by atoms with Crippen molar-refractivity contribution in [3.63, 3.8) is 0 Å². The van der Waals surface area contributed by atoms with Gasteiger partial charge in [-0.2, -0.15) is 5.26 Å². The zero-order valence-corrected chi connectivity index (χ0v) is 24.9. The molecule has 2 aromatic heterocycles. The van der Waals surface area contributed by atoms with Gasteiger partial charge in [0.2, 0.25) is 11.8 Å². The Morgan fingerprint density at radius 3 is 2.60 bits per heavy atom. The number of nitriles is 1. The third-order valence-electron chi connectivity index (χ3n) is 8.20. The summed E-state index contributed by atoms with van der Waals surface area (Å²) in [5.41, 5.74) is 3.36. The number of carbonyl (C=O) groups excluding carboxylic acids is 1. The number of likely N-dealkylation sites (tertiary alicyclic amines) is 1. The fourth-order valence-corrected chi connectivity index (χ4v) is 5.89. The van der Waals surface area contributed by atoms with Crippen LogP contribution in [0.2, 0.25) is 0 Å². The molecule has 0 saturated carbocycles. The van der Waals surface area contributed by atoms with Crippen LogP contribution < -0.4 is 4.74 Å². The lowest BCUT2D eigenvalue weighted by molar-refractivity contribution is -0.129. The number of halogens is 3. The van der Waals surface area contributed by atoms with Gasteiger partial charge in [0.15, 0.2) is 0 Å². The maximum absolute atomic E-state index is 15.6. The number of imidazole rings is 1. The number of ether oxygens (including phenoxy) is 1. The highest BCUT2D eigenvalue weighted by Gasteiger charge is 2.28. The first-order chi connectivity index (χ1) is 21.7. The standard InChI is InChI=1S/C35H30F3N5O2/c1-21-8-11-32-33(13-21)43(19-26-5-4-12-42(26)22(2)44)34(40-32)16-25-15-30(38)27(17-29(25)37)31-6-3-7-35(41-31)45-20-24-10-9-23(18-39)14-28(24)36/h3,6-11,13-15,17,26H,4-5,12,16,19-20H2,1-2H3. The molecule has 3 heterocycles. The third-order valence-corrected chi connectivity index (χ3v) is 8.20. The number of carbonyl (C=O) groups is 1. The second-order valence-corrected chi connectivity index (χ2v) is 11.3. The first-order valence-electron chi connectivity index (χ1n) is 14.7. The van der Waals surface area contributed by atoms with E-state index in [9.17, 15) is 9.18 Å². The van der Waals surface area contributed by atoms with Crippen LogP contribution in [0.5, 0.6) is 5.88 Å². The van der Waals surface area contributed by atoms with E-state index in [1.54, 1.807) is 13.0 Å². The minimum absolute atomic E-state index is 0.00269. The molecule has 1 aliphatic rings. The van der Waals surface area contributed by atoms with Crippen LogP contribution in [0.25, 0.3) is 22.3 Å². The molecule has 1 fully saturated rings. The van der Waals surface area contributed by atoms with Crippen molar-refractivity contribution in [3.05, 3.63) is 112 Å². The number of aryl methyl sites for hydroxylation is 1. The molecule has 1 amide bonds. The van der Waals surface area contributed by atoms with E-state index in [0.29, 0.717) is 18.9 Å². The minimum Gasteiger partial charge on any atom is -0.473 e. The van der Waals surface area contributed by atoms with Crippen LogP contribution in [0.4, 0.5) is 13.2 Å². The Hall–Kier alpha value is -5.17. The Morgan fingerprint density at radius 1 is 1.00 bits per heavy atom. The second kappa shape index (κ2) is 12.4. The van der Waals surface area contributed by atoms with E-state index in [1.165, 1.54) is 30.3 Å². The van der Waals surface area contributed by atoms with E-state index in [0.717, 1.165) is 41.6 Å². The molecule has 5 aromatic rings. The molecular weight excluding hydrogens is 579 g/mol. The Bertz CT molecular complexity index is 1970. The van der Waals surface area contributed by atoms with Crippen molar-refractivity contribution in [1.82, 2.24) is 19.4 Å². The Kier molecular flexibility index (Phi) is 8.26. The van der Waals surface area contributed by atoms with Gasteiger partial charge in [-0.3, -0.25) is 4.79 Å². The van der Waals surface area contributed by atoms with E-state index < -0.39 is 17.5 Å². The summed E-state index contributed by atoms with van der Waals surface area (Å²) in [4.78, 5) is 23.2. The van der Waals surface area contributed by atoms with Crippen LogP contribution in [-0.2, 0) is 24.4 Å². The SMILES string of the molecule is CC(=O)N1CCCC1Cn1c(Cc2cc(F)c(-c3cccc(OCc4ccc(C#N)cc4F)n3)cc2F)nc2ccc(C)cc21. The van der Waals surface area contributed by atoms with Crippen LogP contribution in [0.15, 0.2) is 66.7 Å². The maximum atomic E-state index is 15.6. The van der Waals surface area contributed by atoms with Gasteiger partial charge in [-0.25, -0.2) is 23.1 Å². The van der Waals surface area contributed by atoms with Gasteiger partial charge in [0, 0.05) is 49.7 Å². The molecule has 0 N–H and O–H groups in total. The van der Waals surface area contributed by atoms with Crippen LogP contribution in [0.1, 0.15) is 47.8 Å². The fourth-order valence-electron chi connectivity index (χ4n) is 5.89. The summed E-state index contributed by atoms with van der Waals surface area (Å²) < 4.78 is 53.1. The molecule has 228 valence electrons. The van der Waals surface area contributed by atoms with Crippen molar-refractivity contribution in [2.45, 2.75) is 52.3 Å². The van der Waals surface area contributed by atoms with Crippen LogP contribution in [0, 0.1) is 35.7 Å². The minimum atomic E-state index is -0.661. The Labute approximate surface area is 258 Å². The van der Waals surface area contributed by atoms with E-state index in [1.807, 2.05) is 40.7 Å². The predicted octanol–water partition coefficient (Wildman–Crippen LogP) is 6.88. The average molecular weight is 610 g/mol. The summed E-state index contributed by atoms with van der Waals surface area (Å²) in [6, 6.07) is 18.8. The molecule has 7 nitrogen and oxygen atoms in total. The number of hydrogen-bond acceptors (Lipinski definition) is 5. The zero-order valence-electron chi connectivity index (χ0n) is 24.9. The number of amides is 1. The molecule has 0 aliphatic carbocycles. The second-order valence-electron chi connectivity index (χ2n) is 11.3. The molecule has 1 atom stereocenters. The zero-order chi connectivity index (χ0) is 31.7. The lowest BCUT2D eigenvalue weighted by Gasteiger charge is -2.25. The summed E-state index contributed by atoms with van der Waals surface area (Å²) >= 11 is 0. The number of rotatable bonds is 8. The predicted molar refractivity (Wildman–Crippen MR) is 163 cm³/mol. The largest absolute Gasteiger partial charge is 0.473 e. The highest BCUT2D eigenvalue weighted by Crippen LogP contribution is 2.29. The highest BCUT2D eigenvalue weighted by atomic mass is 19.1. The molecule has 10 heteroatoms. The molecule has 0 radical (unpaired) electrons. The van der Waals surface area contributed by atoms with Gasteiger partial charge in [0.25, 0.3) is 0 Å². The number of benzene rings is 3. The first-order valence-corrected chi connectivity index (χ1v) is 14.7. The average Bonchev–Trinajstić information content (AvgIpc) is 3.63. The molecular formula is C35H30F3N5O2. The normalized spacial score (nSPS) is 14.6. The van der Waals surface area contributed by atoms with Gasteiger partial charge in [-0.05, 0) is 73.4 Å². The molecule has 0 spiro atoms. The first kappa shape index (κ1) is 29.9. The van der Waals surface area contributed by atoms with E-state index in [2.05, 4.69) is 4.98 Å². The van der Waals surface area contributed by atoms with Crippen LogP contribution >= 0.6 is 0 Å². The van der Waals surface area contributed by atoms with Crippen molar-refractivity contribution in [2.75, 3.05) is 6.54 Å². The van der Waals surface area contributed by atoms with E-state index in [-0.39, 0.29) is 58.8 Å². The lowest BCUT2D eigenvalue weighted by Crippen LogP contribution is -2.36.